The number of carbonyl (C=O) groups excluding carboxylic acids is 1. The Kier molecular flexibility index (Phi) is 5.29. The van der Waals surface area contributed by atoms with E-state index in [0.29, 0.717) is 29.5 Å². The van der Waals surface area contributed by atoms with Gasteiger partial charge in [-0.3, -0.25) is 4.79 Å². The fourth-order valence-corrected chi connectivity index (χ4v) is 3.49. The fraction of sp³-hybridized carbons (Fsp3) is 0.200. The van der Waals surface area contributed by atoms with Crippen molar-refractivity contribution in [2.75, 3.05) is 18.7 Å². The number of hydrogen-bond donors (Lipinski definition) is 3. The van der Waals surface area contributed by atoms with Crippen molar-refractivity contribution < 1.29 is 19.4 Å². The lowest BCUT2D eigenvalue weighted by Crippen LogP contribution is -2.24. The maximum atomic E-state index is 12.3. The predicted molar refractivity (Wildman–Crippen MR) is 106 cm³/mol. The van der Waals surface area contributed by atoms with E-state index in [4.69, 9.17) is 9.47 Å². The molecule has 8 heteroatoms. The number of phenols is 1. The number of thiazole rings is 1. The second kappa shape index (κ2) is 8.18. The summed E-state index contributed by atoms with van der Waals surface area (Å²) in [6, 6.07) is 12.7. The van der Waals surface area contributed by atoms with E-state index in [9.17, 15) is 9.90 Å². The summed E-state index contributed by atoms with van der Waals surface area (Å²) in [6.45, 7) is 1.34. The number of nitrogens with zero attached hydrogens (tertiary/aromatic N) is 1. The summed E-state index contributed by atoms with van der Waals surface area (Å²) >= 11 is 1.31. The summed E-state index contributed by atoms with van der Waals surface area (Å²) in [5.74, 6) is 1.59. The monoisotopic (exact) mass is 397 g/mol. The van der Waals surface area contributed by atoms with Gasteiger partial charge in [-0.25, -0.2) is 4.98 Å². The Balaban J connectivity index is 1.26. The van der Waals surface area contributed by atoms with Crippen LogP contribution in [0.25, 0.3) is 0 Å². The Morgan fingerprint density at radius 3 is 2.75 bits per heavy atom. The van der Waals surface area contributed by atoms with Gasteiger partial charge >= 0.3 is 0 Å². The molecule has 0 atom stereocenters. The van der Waals surface area contributed by atoms with Crippen molar-refractivity contribution >= 4 is 22.4 Å². The molecule has 1 aromatic heterocycles. The highest BCUT2D eigenvalue weighted by atomic mass is 32.1. The van der Waals surface area contributed by atoms with Crippen LogP contribution in [0.4, 0.5) is 5.13 Å². The van der Waals surface area contributed by atoms with Crippen molar-refractivity contribution in [2.45, 2.75) is 13.0 Å². The Morgan fingerprint density at radius 2 is 1.89 bits per heavy atom. The van der Waals surface area contributed by atoms with E-state index in [1.54, 1.807) is 18.3 Å². The van der Waals surface area contributed by atoms with Crippen LogP contribution in [0.2, 0.25) is 0 Å². The van der Waals surface area contributed by atoms with E-state index in [1.165, 1.54) is 11.3 Å². The van der Waals surface area contributed by atoms with E-state index in [-0.39, 0.29) is 18.4 Å². The Bertz CT molecular complexity index is 972. The summed E-state index contributed by atoms with van der Waals surface area (Å²) in [5, 5.41) is 16.1. The normalized spacial score (nSPS) is 12.0. The molecule has 28 heavy (non-hydrogen) atoms. The number of rotatable bonds is 7. The van der Waals surface area contributed by atoms with Gasteiger partial charge in [-0.05, 0) is 41.8 Å². The van der Waals surface area contributed by atoms with Crippen LogP contribution in [0.3, 0.4) is 0 Å². The highest BCUT2D eigenvalue weighted by molar-refractivity contribution is 7.17. The predicted octanol–water partition coefficient (Wildman–Crippen LogP) is 3.16. The molecule has 0 saturated heterocycles. The van der Waals surface area contributed by atoms with Crippen LogP contribution in [0.15, 0.2) is 48.7 Å². The third-order valence-corrected chi connectivity index (χ3v) is 5.20. The molecule has 0 aliphatic carbocycles. The number of carbonyl (C=O) groups is 1. The molecule has 144 valence electrons. The molecular formula is C20H19N3O4S. The van der Waals surface area contributed by atoms with Crippen molar-refractivity contribution in [3.8, 4) is 17.2 Å². The molecule has 2 aromatic carbocycles. The van der Waals surface area contributed by atoms with Gasteiger partial charge in [0.05, 0.1) is 6.20 Å². The van der Waals surface area contributed by atoms with Gasteiger partial charge in [0.15, 0.2) is 16.6 Å². The lowest BCUT2D eigenvalue weighted by atomic mass is 10.1. The van der Waals surface area contributed by atoms with Crippen LogP contribution in [0, 0.1) is 0 Å². The van der Waals surface area contributed by atoms with E-state index in [0.717, 1.165) is 22.6 Å². The van der Waals surface area contributed by atoms with Crippen molar-refractivity contribution in [2.24, 2.45) is 0 Å². The first-order chi connectivity index (χ1) is 13.7. The zero-order valence-corrected chi connectivity index (χ0v) is 15.8. The van der Waals surface area contributed by atoms with Crippen LogP contribution in [0.5, 0.6) is 17.2 Å². The van der Waals surface area contributed by atoms with E-state index in [1.807, 2.05) is 30.3 Å². The van der Waals surface area contributed by atoms with E-state index in [2.05, 4.69) is 15.6 Å². The Labute approximate surface area is 166 Å². The van der Waals surface area contributed by atoms with Gasteiger partial charge in [0.2, 0.25) is 6.79 Å². The molecule has 3 aromatic rings. The molecule has 3 N–H and O–H groups in total. The molecule has 1 aliphatic heterocycles. The zero-order valence-electron chi connectivity index (χ0n) is 15.0. The van der Waals surface area contributed by atoms with Crippen LogP contribution in [0.1, 0.15) is 20.8 Å². The number of amides is 1. The van der Waals surface area contributed by atoms with E-state index >= 15 is 0 Å². The SMILES string of the molecule is O=C(NCCc1ccc(O)cc1)c1cnc(NCc2ccc3c(c2)OCO3)s1. The summed E-state index contributed by atoms with van der Waals surface area (Å²) < 4.78 is 10.7. The first-order valence-electron chi connectivity index (χ1n) is 8.82. The highest BCUT2D eigenvalue weighted by Gasteiger charge is 2.14. The minimum Gasteiger partial charge on any atom is -0.508 e. The minimum atomic E-state index is -0.146. The molecule has 0 spiro atoms. The number of hydrogen-bond acceptors (Lipinski definition) is 7. The second-order valence-electron chi connectivity index (χ2n) is 6.24. The number of nitrogens with one attached hydrogen (secondary N) is 2. The molecule has 4 rings (SSSR count). The summed E-state index contributed by atoms with van der Waals surface area (Å²) in [6.07, 6.45) is 2.27. The van der Waals surface area contributed by atoms with Crippen molar-refractivity contribution in [1.82, 2.24) is 10.3 Å². The van der Waals surface area contributed by atoms with Crippen LogP contribution in [-0.4, -0.2) is 29.3 Å². The van der Waals surface area contributed by atoms with Crippen molar-refractivity contribution in [3.05, 3.63) is 64.7 Å². The minimum absolute atomic E-state index is 0.146. The first kappa shape index (κ1) is 18.1. The van der Waals surface area contributed by atoms with Crippen molar-refractivity contribution in [3.63, 3.8) is 0 Å². The van der Waals surface area contributed by atoms with Gasteiger partial charge in [-0.15, -0.1) is 0 Å². The fourth-order valence-electron chi connectivity index (χ4n) is 2.76. The number of phenolic OH excluding ortho intramolecular Hbond substituents is 1. The second-order valence-corrected chi connectivity index (χ2v) is 7.27. The largest absolute Gasteiger partial charge is 0.508 e. The van der Waals surface area contributed by atoms with Gasteiger partial charge < -0.3 is 25.2 Å². The Hall–Kier alpha value is -3.26. The molecule has 1 amide bonds. The summed E-state index contributed by atoms with van der Waals surface area (Å²) in [7, 11) is 0. The quantitative estimate of drug-likeness (QED) is 0.567. The van der Waals surface area contributed by atoms with Crippen LogP contribution < -0.4 is 20.1 Å². The van der Waals surface area contributed by atoms with Gasteiger partial charge in [0.1, 0.15) is 10.6 Å². The summed E-state index contributed by atoms with van der Waals surface area (Å²) in [4.78, 5) is 17.1. The lowest BCUT2D eigenvalue weighted by Gasteiger charge is -2.05. The molecule has 1 aliphatic rings. The summed E-state index contributed by atoms with van der Waals surface area (Å²) in [5.41, 5.74) is 2.09. The third-order valence-electron chi connectivity index (χ3n) is 4.25. The number of anilines is 1. The van der Waals surface area contributed by atoms with Crippen molar-refractivity contribution in [1.29, 1.82) is 0 Å². The molecule has 0 radical (unpaired) electrons. The molecule has 0 bridgehead atoms. The lowest BCUT2D eigenvalue weighted by molar-refractivity contribution is 0.0958. The highest BCUT2D eigenvalue weighted by Crippen LogP contribution is 2.32. The van der Waals surface area contributed by atoms with Gasteiger partial charge in [-0.1, -0.05) is 29.5 Å². The smallest absolute Gasteiger partial charge is 0.263 e. The average Bonchev–Trinajstić information content (AvgIpc) is 3.37. The molecule has 0 unspecified atom stereocenters. The number of aromatic nitrogens is 1. The van der Waals surface area contributed by atoms with Gasteiger partial charge in [0.25, 0.3) is 5.91 Å². The third kappa shape index (κ3) is 4.34. The Morgan fingerprint density at radius 1 is 1.11 bits per heavy atom. The number of ether oxygens (including phenoxy) is 2. The average molecular weight is 397 g/mol. The standard InChI is InChI=1S/C20H19N3O4S/c24-15-4-1-13(2-5-15)7-8-21-19(25)18-11-23-20(28-18)22-10-14-3-6-16-17(9-14)27-12-26-16/h1-6,9,11,24H,7-8,10,12H2,(H,21,25)(H,22,23). The molecular weight excluding hydrogens is 378 g/mol. The molecule has 7 nitrogen and oxygen atoms in total. The topological polar surface area (TPSA) is 92.7 Å². The number of benzene rings is 2. The number of aromatic hydroxyl groups is 1. The molecule has 2 heterocycles. The van der Waals surface area contributed by atoms with Gasteiger partial charge in [0, 0.05) is 13.1 Å². The number of fused-ring (bicyclic) bond motifs is 1. The van der Waals surface area contributed by atoms with Gasteiger partial charge in [-0.2, -0.15) is 0 Å². The first-order valence-corrected chi connectivity index (χ1v) is 9.63. The van der Waals surface area contributed by atoms with Crippen LogP contribution in [-0.2, 0) is 13.0 Å². The maximum Gasteiger partial charge on any atom is 0.263 e. The van der Waals surface area contributed by atoms with Crippen LogP contribution >= 0.6 is 11.3 Å². The molecule has 0 saturated carbocycles. The molecule has 0 fully saturated rings. The van der Waals surface area contributed by atoms with E-state index < -0.39 is 0 Å². The maximum absolute atomic E-state index is 12.3. The zero-order chi connectivity index (χ0) is 19.3.